The second-order valence-corrected chi connectivity index (χ2v) is 6.23. The third-order valence-corrected chi connectivity index (χ3v) is 4.56. The van der Waals surface area contributed by atoms with Gasteiger partial charge in [-0.3, -0.25) is 9.89 Å². The van der Waals surface area contributed by atoms with Crippen molar-refractivity contribution in [3.05, 3.63) is 75.6 Å². The predicted octanol–water partition coefficient (Wildman–Crippen LogP) is 2.81. The summed E-state index contributed by atoms with van der Waals surface area (Å²) in [6, 6.07) is 11.6. The van der Waals surface area contributed by atoms with Gasteiger partial charge in [-0.15, -0.1) is 0 Å². The molecule has 6 heteroatoms. The van der Waals surface area contributed by atoms with Crippen LogP contribution in [0.15, 0.2) is 47.4 Å². The highest BCUT2D eigenvalue weighted by atomic mass is 16.1. The minimum Gasteiger partial charge on any atom is -0.343 e. The first-order chi connectivity index (χ1) is 12.1. The molecule has 4 aromatic rings. The number of aromatic nitrogens is 5. The Hall–Kier alpha value is -3.15. The van der Waals surface area contributed by atoms with E-state index in [4.69, 9.17) is 0 Å². The van der Waals surface area contributed by atoms with Crippen molar-refractivity contribution in [1.29, 1.82) is 0 Å². The Kier molecular flexibility index (Phi) is 3.72. The molecule has 4 rings (SSSR count). The molecule has 6 nitrogen and oxygen atoms in total. The molecular formula is C19H19N5O. The fraction of sp³-hybridized carbons (Fsp3) is 0.211. The van der Waals surface area contributed by atoms with E-state index in [2.05, 4.69) is 20.3 Å². The lowest BCUT2D eigenvalue weighted by molar-refractivity contribution is 0.848. The zero-order chi connectivity index (χ0) is 17.4. The molecule has 0 amide bonds. The van der Waals surface area contributed by atoms with Crippen LogP contribution in [0, 0.1) is 13.8 Å². The second-order valence-electron chi connectivity index (χ2n) is 6.23. The second kappa shape index (κ2) is 6.05. The summed E-state index contributed by atoms with van der Waals surface area (Å²) in [6.07, 6.45) is 3.30. The van der Waals surface area contributed by atoms with E-state index in [1.807, 2.05) is 44.2 Å². The van der Waals surface area contributed by atoms with Crippen molar-refractivity contribution in [3.8, 4) is 11.1 Å². The molecule has 0 aliphatic carbocycles. The SMILES string of the molecule is Cc1n[nH]c(C)c1CCc1cc(=O)n2ncc(-c3ccccc3)c2[nH]1. The molecule has 0 radical (unpaired) electrons. The summed E-state index contributed by atoms with van der Waals surface area (Å²) in [6.45, 7) is 4.01. The van der Waals surface area contributed by atoms with Gasteiger partial charge in [-0.2, -0.15) is 14.7 Å². The first-order valence-electron chi connectivity index (χ1n) is 8.29. The Morgan fingerprint density at radius 2 is 1.92 bits per heavy atom. The lowest BCUT2D eigenvalue weighted by Gasteiger charge is -2.05. The van der Waals surface area contributed by atoms with Gasteiger partial charge in [0.15, 0.2) is 0 Å². The zero-order valence-corrected chi connectivity index (χ0v) is 14.2. The van der Waals surface area contributed by atoms with Gasteiger partial charge < -0.3 is 4.98 Å². The van der Waals surface area contributed by atoms with E-state index in [1.54, 1.807) is 12.3 Å². The number of aromatic amines is 2. The molecule has 0 fully saturated rings. The van der Waals surface area contributed by atoms with Crippen molar-refractivity contribution >= 4 is 5.65 Å². The molecule has 0 bridgehead atoms. The molecule has 0 saturated heterocycles. The van der Waals surface area contributed by atoms with Crippen LogP contribution >= 0.6 is 0 Å². The van der Waals surface area contributed by atoms with Crippen LogP contribution < -0.4 is 5.56 Å². The lowest BCUT2D eigenvalue weighted by atomic mass is 10.1. The summed E-state index contributed by atoms with van der Waals surface area (Å²) in [5.74, 6) is 0. The van der Waals surface area contributed by atoms with Gasteiger partial charge in [0.25, 0.3) is 5.56 Å². The van der Waals surface area contributed by atoms with E-state index in [1.165, 1.54) is 10.1 Å². The molecule has 0 atom stereocenters. The average Bonchev–Trinajstić information content (AvgIpc) is 3.18. The van der Waals surface area contributed by atoms with Crippen LogP contribution in [-0.4, -0.2) is 24.8 Å². The number of rotatable bonds is 4. The van der Waals surface area contributed by atoms with Crippen LogP contribution in [0.4, 0.5) is 0 Å². The molecule has 25 heavy (non-hydrogen) atoms. The number of aryl methyl sites for hydroxylation is 3. The van der Waals surface area contributed by atoms with Crippen molar-refractivity contribution in [1.82, 2.24) is 24.8 Å². The largest absolute Gasteiger partial charge is 0.343 e. The fourth-order valence-electron chi connectivity index (χ4n) is 3.20. The average molecular weight is 333 g/mol. The molecule has 1 aromatic carbocycles. The molecule has 0 aliphatic rings. The minimum absolute atomic E-state index is 0.119. The number of fused-ring (bicyclic) bond motifs is 1. The summed E-state index contributed by atoms with van der Waals surface area (Å²) in [5.41, 5.74) is 6.76. The highest BCUT2D eigenvalue weighted by molar-refractivity contribution is 5.76. The summed E-state index contributed by atoms with van der Waals surface area (Å²) < 4.78 is 1.42. The zero-order valence-electron chi connectivity index (χ0n) is 14.2. The highest BCUT2D eigenvalue weighted by Crippen LogP contribution is 2.22. The number of hydrogen-bond acceptors (Lipinski definition) is 3. The number of H-pyrrole nitrogens is 2. The first-order valence-corrected chi connectivity index (χ1v) is 8.29. The van der Waals surface area contributed by atoms with Crippen LogP contribution in [0.5, 0.6) is 0 Å². The van der Waals surface area contributed by atoms with Gasteiger partial charge >= 0.3 is 0 Å². The van der Waals surface area contributed by atoms with Gasteiger partial charge in [0.2, 0.25) is 0 Å². The smallest absolute Gasteiger partial charge is 0.274 e. The van der Waals surface area contributed by atoms with Gasteiger partial charge in [-0.05, 0) is 37.8 Å². The van der Waals surface area contributed by atoms with Crippen molar-refractivity contribution < 1.29 is 0 Å². The minimum atomic E-state index is -0.119. The van der Waals surface area contributed by atoms with Crippen molar-refractivity contribution in [2.75, 3.05) is 0 Å². The summed E-state index contributed by atoms with van der Waals surface area (Å²) in [4.78, 5) is 15.8. The van der Waals surface area contributed by atoms with Crippen LogP contribution in [0.1, 0.15) is 22.6 Å². The Morgan fingerprint density at radius 3 is 2.64 bits per heavy atom. The molecule has 0 unspecified atom stereocenters. The Bertz CT molecular complexity index is 1070. The van der Waals surface area contributed by atoms with Gasteiger partial charge in [-0.1, -0.05) is 30.3 Å². The molecule has 0 aliphatic heterocycles. The molecule has 2 N–H and O–H groups in total. The van der Waals surface area contributed by atoms with Crippen LogP contribution in [0.2, 0.25) is 0 Å². The molecular weight excluding hydrogens is 314 g/mol. The predicted molar refractivity (Wildman–Crippen MR) is 96.7 cm³/mol. The highest BCUT2D eigenvalue weighted by Gasteiger charge is 2.12. The quantitative estimate of drug-likeness (QED) is 0.603. The summed E-state index contributed by atoms with van der Waals surface area (Å²) in [5, 5.41) is 11.5. The van der Waals surface area contributed by atoms with E-state index in [-0.39, 0.29) is 5.56 Å². The number of nitrogens with one attached hydrogen (secondary N) is 2. The van der Waals surface area contributed by atoms with E-state index >= 15 is 0 Å². The van der Waals surface area contributed by atoms with Crippen LogP contribution in [0.3, 0.4) is 0 Å². The third kappa shape index (κ3) is 2.76. The summed E-state index contributed by atoms with van der Waals surface area (Å²) >= 11 is 0. The van der Waals surface area contributed by atoms with E-state index < -0.39 is 0 Å². The van der Waals surface area contributed by atoms with Crippen molar-refractivity contribution in [3.63, 3.8) is 0 Å². The van der Waals surface area contributed by atoms with Crippen molar-refractivity contribution in [2.45, 2.75) is 26.7 Å². The molecule has 0 saturated carbocycles. The molecule has 0 spiro atoms. The maximum Gasteiger partial charge on any atom is 0.274 e. The maximum atomic E-state index is 12.4. The molecule has 126 valence electrons. The van der Waals surface area contributed by atoms with E-state index in [0.29, 0.717) is 0 Å². The molecule has 3 aromatic heterocycles. The number of nitrogens with zero attached hydrogens (tertiary/aromatic N) is 3. The van der Waals surface area contributed by atoms with E-state index in [9.17, 15) is 4.79 Å². The number of hydrogen-bond donors (Lipinski definition) is 2. The van der Waals surface area contributed by atoms with Gasteiger partial charge in [-0.25, -0.2) is 0 Å². The molecule has 3 heterocycles. The monoisotopic (exact) mass is 333 g/mol. The first kappa shape index (κ1) is 15.4. The summed E-state index contributed by atoms with van der Waals surface area (Å²) in [7, 11) is 0. The Morgan fingerprint density at radius 1 is 1.12 bits per heavy atom. The maximum absolute atomic E-state index is 12.4. The van der Waals surface area contributed by atoms with E-state index in [0.717, 1.165) is 46.7 Å². The van der Waals surface area contributed by atoms with Gasteiger partial charge in [0, 0.05) is 23.0 Å². The van der Waals surface area contributed by atoms with Gasteiger partial charge in [0.1, 0.15) is 5.65 Å². The lowest BCUT2D eigenvalue weighted by Crippen LogP contribution is -2.16. The normalized spacial score (nSPS) is 11.3. The van der Waals surface area contributed by atoms with Crippen LogP contribution in [-0.2, 0) is 12.8 Å². The topological polar surface area (TPSA) is 78.8 Å². The third-order valence-electron chi connectivity index (χ3n) is 4.56. The Balaban J connectivity index is 1.72. The number of benzene rings is 1. The van der Waals surface area contributed by atoms with Gasteiger partial charge in [0.05, 0.1) is 11.9 Å². The standard InChI is InChI=1S/C19H19N5O/c1-12-16(13(2)23-22-12)9-8-15-10-18(25)24-19(21-15)17(11-20-24)14-6-4-3-5-7-14/h3-7,10-11,21H,8-9H2,1-2H3,(H,22,23). The van der Waals surface area contributed by atoms with Crippen LogP contribution in [0.25, 0.3) is 16.8 Å². The Labute approximate surface area is 144 Å². The fourth-order valence-corrected chi connectivity index (χ4v) is 3.20. The van der Waals surface area contributed by atoms with Crippen molar-refractivity contribution in [2.24, 2.45) is 0 Å².